The number of fused-ring (bicyclic) bond motifs is 1. The number of pyridine rings is 2. The number of rotatable bonds is 14. The normalized spacial score (nSPS) is 22.4. The smallest absolute Gasteiger partial charge is 0.405 e. The summed E-state index contributed by atoms with van der Waals surface area (Å²) in [7, 11) is -2.66. The number of carbonyl (C=O) groups excluding carboxylic acids is 3. The van der Waals surface area contributed by atoms with Gasteiger partial charge in [0.05, 0.1) is 29.6 Å². The molecule has 0 bridgehead atoms. The van der Waals surface area contributed by atoms with Gasteiger partial charge < -0.3 is 30.1 Å². The van der Waals surface area contributed by atoms with Crippen molar-refractivity contribution >= 4 is 44.7 Å². The van der Waals surface area contributed by atoms with Crippen molar-refractivity contribution < 1.29 is 42.2 Å². The second kappa shape index (κ2) is 15.6. The summed E-state index contributed by atoms with van der Waals surface area (Å²) in [5.41, 5.74) is 0.0275. The number of nitrogens with zero attached hydrogens (tertiary/aromatic N) is 3. The molecule has 15 nitrogen and oxygen atoms in total. The molecule has 4 N–H and O–H groups in total. The van der Waals surface area contributed by atoms with Crippen LogP contribution in [0.4, 0.5) is 4.79 Å². The van der Waals surface area contributed by atoms with Gasteiger partial charge in [0.15, 0.2) is 0 Å². The Kier molecular flexibility index (Phi) is 10.9. The second-order valence-corrected chi connectivity index (χ2v) is 18.7. The number of benzene rings is 2. The standard InChI is InChI=1S/C43H48N6O9S/c1-6-27-23-43(27,39(52)48-59(55,56)42(17-18-42)24-28-14-10-11-19-44-28)47-37(50)34-21-30(25-49(34)38(51)36(41(2,3)4)46-40(53)54)58-35-22-32(26-12-8-7-9-13-26)45-33-20-29(57-5)15-16-31(33)35/h6-16,19-20,22,27,30,34,36,46H,1,17-18,21,23-25H2,2-5H3,(H,47,50)(H,48,52)(H,53,54). The molecule has 4 aromatic rings. The number of hydrogen-bond acceptors (Lipinski definition) is 10. The first-order valence-electron chi connectivity index (χ1n) is 19.4. The van der Waals surface area contributed by atoms with Gasteiger partial charge in [0.2, 0.25) is 21.8 Å². The van der Waals surface area contributed by atoms with Crippen molar-refractivity contribution in [1.82, 2.24) is 30.2 Å². The number of ether oxygens (including phenoxy) is 2. The van der Waals surface area contributed by atoms with E-state index in [1.165, 1.54) is 11.0 Å². The van der Waals surface area contributed by atoms with Crippen molar-refractivity contribution in [3.8, 4) is 22.8 Å². The van der Waals surface area contributed by atoms with E-state index in [-0.39, 0.29) is 25.8 Å². The quantitative estimate of drug-likeness (QED) is 0.129. The van der Waals surface area contributed by atoms with Crippen molar-refractivity contribution in [3.63, 3.8) is 0 Å². The number of carboxylic acid groups (broad SMARTS) is 1. The van der Waals surface area contributed by atoms with Crippen LogP contribution in [0.5, 0.6) is 11.5 Å². The lowest BCUT2D eigenvalue weighted by Gasteiger charge is -2.35. The third-order valence-corrected chi connectivity index (χ3v) is 13.6. The molecular formula is C43H48N6O9S. The van der Waals surface area contributed by atoms with Crippen LogP contribution in [0.25, 0.3) is 22.2 Å². The summed E-state index contributed by atoms with van der Waals surface area (Å²) in [6.45, 7) is 8.80. The van der Waals surface area contributed by atoms with Gasteiger partial charge in [-0.15, -0.1) is 6.58 Å². The largest absolute Gasteiger partial charge is 0.497 e. The Balaban J connectivity index is 1.18. The van der Waals surface area contributed by atoms with E-state index in [9.17, 15) is 32.7 Å². The zero-order chi connectivity index (χ0) is 42.3. The topological polar surface area (TPSA) is 206 Å². The Hall–Kier alpha value is -6.03. The predicted molar refractivity (Wildman–Crippen MR) is 219 cm³/mol. The highest BCUT2D eigenvalue weighted by molar-refractivity contribution is 7.91. The molecule has 3 fully saturated rings. The summed E-state index contributed by atoms with van der Waals surface area (Å²) in [6.07, 6.45) is 1.70. The second-order valence-electron chi connectivity index (χ2n) is 16.6. The van der Waals surface area contributed by atoms with Crippen molar-refractivity contribution in [2.24, 2.45) is 11.3 Å². The molecule has 2 aliphatic carbocycles. The molecule has 1 saturated heterocycles. The fourth-order valence-electron chi connectivity index (χ4n) is 7.82. The Bertz CT molecular complexity index is 2400. The molecule has 2 aromatic heterocycles. The van der Waals surface area contributed by atoms with Crippen molar-refractivity contribution in [3.05, 3.63) is 97.3 Å². The summed E-state index contributed by atoms with van der Waals surface area (Å²) in [5.74, 6) is -1.88. The monoisotopic (exact) mass is 824 g/mol. The predicted octanol–water partition coefficient (Wildman–Crippen LogP) is 4.62. The fraction of sp³-hybridized carbons (Fsp3) is 0.395. The molecule has 59 heavy (non-hydrogen) atoms. The molecule has 1 aliphatic heterocycles. The average Bonchev–Trinajstić information content (AvgIpc) is 4.11. The lowest BCUT2D eigenvalue weighted by Crippen LogP contribution is -2.60. The minimum absolute atomic E-state index is 0.0376. The minimum Gasteiger partial charge on any atom is -0.497 e. The summed E-state index contributed by atoms with van der Waals surface area (Å²) >= 11 is 0. The van der Waals surface area contributed by atoms with Gasteiger partial charge in [-0.2, -0.15) is 0 Å². The highest BCUT2D eigenvalue weighted by Gasteiger charge is 2.64. The molecule has 5 unspecified atom stereocenters. The molecule has 0 spiro atoms. The number of likely N-dealkylation sites (tertiary alicyclic amines) is 1. The number of nitrogens with one attached hydrogen (secondary N) is 3. The van der Waals surface area contributed by atoms with Crippen molar-refractivity contribution in [2.45, 2.75) is 81.3 Å². The molecule has 3 aliphatic rings. The third kappa shape index (κ3) is 8.31. The van der Waals surface area contributed by atoms with Crippen LogP contribution in [0, 0.1) is 11.3 Å². The van der Waals surface area contributed by atoms with Crippen molar-refractivity contribution in [1.29, 1.82) is 0 Å². The highest BCUT2D eigenvalue weighted by Crippen LogP contribution is 2.48. The summed E-state index contributed by atoms with van der Waals surface area (Å²) in [4.78, 5) is 65.3. The average molecular weight is 825 g/mol. The van der Waals surface area contributed by atoms with E-state index >= 15 is 0 Å². The zero-order valence-electron chi connectivity index (χ0n) is 33.3. The number of carbonyl (C=O) groups is 4. The lowest BCUT2D eigenvalue weighted by atomic mass is 9.85. The van der Waals surface area contributed by atoms with Crippen LogP contribution < -0.4 is 24.8 Å². The Morgan fingerprint density at radius 2 is 1.78 bits per heavy atom. The van der Waals surface area contributed by atoms with Crippen LogP contribution >= 0.6 is 0 Å². The maximum Gasteiger partial charge on any atom is 0.405 e. The highest BCUT2D eigenvalue weighted by atomic mass is 32.2. The van der Waals surface area contributed by atoms with Gasteiger partial charge in [0.1, 0.15) is 35.2 Å². The minimum atomic E-state index is -4.22. The molecule has 3 heterocycles. The fourth-order valence-corrected chi connectivity index (χ4v) is 9.44. The van der Waals surface area contributed by atoms with Gasteiger partial charge in [-0.1, -0.05) is 63.2 Å². The van der Waals surface area contributed by atoms with Crippen LogP contribution in [0.3, 0.4) is 0 Å². The Labute approximate surface area is 342 Å². The summed E-state index contributed by atoms with van der Waals surface area (Å²) < 4.78 is 40.7. The van der Waals surface area contributed by atoms with Gasteiger partial charge in [0.25, 0.3) is 5.91 Å². The molecule has 4 amide bonds. The molecule has 2 saturated carbocycles. The molecule has 7 rings (SSSR count). The molecule has 0 radical (unpaired) electrons. The van der Waals surface area contributed by atoms with Crippen LogP contribution in [0.1, 0.15) is 52.1 Å². The van der Waals surface area contributed by atoms with E-state index in [4.69, 9.17) is 14.5 Å². The van der Waals surface area contributed by atoms with Gasteiger partial charge in [-0.25, -0.2) is 18.2 Å². The van der Waals surface area contributed by atoms with Crippen LogP contribution in [-0.4, -0.2) is 94.3 Å². The number of aromatic nitrogens is 2. The van der Waals surface area contributed by atoms with E-state index in [0.717, 1.165) is 5.56 Å². The summed E-state index contributed by atoms with van der Waals surface area (Å²) in [5, 5.41) is 15.5. The SMILES string of the molecule is C=CC1CC1(NC(=O)C1CC(Oc2cc(-c3ccccc3)nc3cc(OC)ccc23)CN1C(=O)C(NC(=O)O)C(C)(C)C)C(=O)NS(=O)(=O)C1(Cc2ccccn2)CC1. The van der Waals surface area contributed by atoms with Gasteiger partial charge in [-0.3, -0.25) is 24.1 Å². The first-order valence-corrected chi connectivity index (χ1v) is 20.9. The molecule has 5 atom stereocenters. The molecule has 310 valence electrons. The number of hydrogen-bond donors (Lipinski definition) is 4. The van der Waals surface area contributed by atoms with E-state index in [2.05, 4.69) is 26.9 Å². The maximum atomic E-state index is 14.5. The lowest BCUT2D eigenvalue weighted by molar-refractivity contribution is -0.142. The Morgan fingerprint density at radius 3 is 2.39 bits per heavy atom. The molecule has 16 heteroatoms. The molecular weight excluding hydrogens is 777 g/mol. The van der Waals surface area contributed by atoms with Crippen LogP contribution in [0.15, 0.2) is 91.6 Å². The van der Waals surface area contributed by atoms with Crippen LogP contribution in [0.2, 0.25) is 0 Å². The molecule has 2 aromatic carbocycles. The number of sulfonamides is 1. The van der Waals surface area contributed by atoms with Crippen LogP contribution in [-0.2, 0) is 30.8 Å². The third-order valence-electron chi connectivity index (χ3n) is 11.5. The zero-order valence-corrected chi connectivity index (χ0v) is 34.1. The van der Waals surface area contributed by atoms with E-state index in [0.29, 0.717) is 46.6 Å². The number of methoxy groups -OCH3 is 1. The maximum absolute atomic E-state index is 14.5. The van der Waals surface area contributed by atoms with Gasteiger partial charge in [-0.05, 0) is 48.9 Å². The van der Waals surface area contributed by atoms with E-state index in [1.807, 2.05) is 30.3 Å². The van der Waals surface area contributed by atoms with Gasteiger partial charge in [0, 0.05) is 53.7 Å². The van der Waals surface area contributed by atoms with Gasteiger partial charge >= 0.3 is 6.09 Å². The first-order chi connectivity index (χ1) is 28.0. The van der Waals surface area contributed by atoms with E-state index < -0.39 is 73.6 Å². The first kappa shape index (κ1) is 41.1. The Morgan fingerprint density at radius 1 is 1.05 bits per heavy atom. The van der Waals surface area contributed by atoms with E-state index in [1.54, 1.807) is 76.5 Å². The summed E-state index contributed by atoms with van der Waals surface area (Å²) in [6, 6.07) is 19.4. The van der Waals surface area contributed by atoms with Crippen molar-refractivity contribution in [2.75, 3.05) is 13.7 Å². The number of amides is 4.